The fourth-order valence-electron chi connectivity index (χ4n) is 1.61. The Morgan fingerprint density at radius 2 is 2.00 bits per heavy atom. The van der Waals surface area contributed by atoms with Gasteiger partial charge in [-0.2, -0.15) is 0 Å². The summed E-state index contributed by atoms with van der Waals surface area (Å²) in [7, 11) is 0.233. The largest absolute Gasteiger partial charge is 0.376 e. The summed E-state index contributed by atoms with van der Waals surface area (Å²) in [6.45, 7) is 1.79. The molecule has 0 aliphatic rings. The van der Waals surface area contributed by atoms with Crippen LogP contribution < -0.4 is 9.62 Å². The molecule has 0 spiro atoms. The second-order valence-electron chi connectivity index (χ2n) is 4.70. The normalized spacial score (nSPS) is 13.1. The molecule has 0 heterocycles. The van der Waals surface area contributed by atoms with Crippen molar-refractivity contribution in [2.24, 2.45) is 5.92 Å². The van der Waals surface area contributed by atoms with Crippen LogP contribution >= 0.6 is 23.2 Å². The molecule has 1 aromatic carbocycles. The standard InChI is InChI=1S/C12H18Cl2N2O2S/c1-9(7-13)8-19(17,18)15-11-6-10(14)4-5-12(11)16(2)3/h4-6,9,15H,7-8H2,1-3H3. The number of nitrogens with zero attached hydrogens (tertiary/aromatic N) is 1. The first-order valence-electron chi connectivity index (χ1n) is 5.78. The summed E-state index contributed by atoms with van der Waals surface area (Å²) in [6, 6.07) is 5.08. The number of benzene rings is 1. The zero-order valence-electron chi connectivity index (χ0n) is 11.2. The van der Waals surface area contributed by atoms with Gasteiger partial charge in [0, 0.05) is 25.0 Å². The molecule has 1 unspecified atom stereocenters. The fourth-order valence-corrected chi connectivity index (χ4v) is 3.47. The van der Waals surface area contributed by atoms with Gasteiger partial charge in [-0.05, 0) is 24.1 Å². The Hall–Kier alpha value is -0.650. The van der Waals surface area contributed by atoms with Crippen molar-refractivity contribution < 1.29 is 8.42 Å². The van der Waals surface area contributed by atoms with Crippen molar-refractivity contribution in [3.63, 3.8) is 0 Å². The second-order valence-corrected chi connectivity index (χ2v) is 7.21. The maximum Gasteiger partial charge on any atom is 0.233 e. The van der Waals surface area contributed by atoms with E-state index in [1.165, 1.54) is 0 Å². The van der Waals surface area contributed by atoms with E-state index in [-0.39, 0.29) is 11.7 Å². The number of sulfonamides is 1. The van der Waals surface area contributed by atoms with Gasteiger partial charge in [0.25, 0.3) is 0 Å². The molecule has 0 amide bonds. The van der Waals surface area contributed by atoms with Crippen LogP contribution in [0.3, 0.4) is 0 Å². The molecule has 0 radical (unpaired) electrons. The van der Waals surface area contributed by atoms with Gasteiger partial charge >= 0.3 is 0 Å². The van der Waals surface area contributed by atoms with Gasteiger partial charge in [0.15, 0.2) is 0 Å². The van der Waals surface area contributed by atoms with Crippen LogP contribution in [0.4, 0.5) is 11.4 Å². The molecule has 0 aliphatic carbocycles. The number of alkyl halides is 1. The number of nitrogens with one attached hydrogen (secondary N) is 1. The van der Waals surface area contributed by atoms with Gasteiger partial charge in [-0.15, -0.1) is 11.6 Å². The molecular formula is C12H18Cl2N2O2S. The maximum atomic E-state index is 12.0. The predicted octanol–water partition coefficient (Wildman–Crippen LogP) is 3.02. The van der Waals surface area contributed by atoms with Crippen molar-refractivity contribution in [3.8, 4) is 0 Å². The summed E-state index contributed by atoms with van der Waals surface area (Å²) < 4.78 is 26.6. The highest BCUT2D eigenvalue weighted by Gasteiger charge is 2.17. The van der Waals surface area contributed by atoms with Crippen LogP contribution in [0.15, 0.2) is 18.2 Å². The van der Waals surface area contributed by atoms with Crippen LogP contribution in [0, 0.1) is 5.92 Å². The van der Waals surface area contributed by atoms with E-state index in [1.807, 2.05) is 19.0 Å². The molecule has 1 N–H and O–H groups in total. The van der Waals surface area contributed by atoms with Crippen molar-refractivity contribution in [1.82, 2.24) is 0 Å². The SMILES string of the molecule is CC(CCl)CS(=O)(=O)Nc1cc(Cl)ccc1N(C)C. The highest BCUT2D eigenvalue weighted by atomic mass is 35.5. The molecule has 19 heavy (non-hydrogen) atoms. The fraction of sp³-hybridized carbons (Fsp3) is 0.500. The summed E-state index contributed by atoms with van der Waals surface area (Å²) in [6.07, 6.45) is 0. The van der Waals surface area contributed by atoms with Gasteiger partial charge in [-0.25, -0.2) is 8.42 Å². The molecule has 1 aromatic rings. The molecule has 7 heteroatoms. The van der Waals surface area contributed by atoms with Gasteiger partial charge in [-0.3, -0.25) is 4.72 Å². The van der Waals surface area contributed by atoms with Gasteiger partial charge in [0.05, 0.1) is 17.1 Å². The molecule has 1 rings (SSSR count). The number of hydrogen-bond donors (Lipinski definition) is 1. The van der Waals surface area contributed by atoms with Gasteiger partial charge in [0.1, 0.15) is 0 Å². The first kappa shape index (κ1) is 16.4. The number of hydrogen-bond acceptors (Lipinski definition) is 3. The number of anilines is 2. The third-order valence-corrected chi connectivity index (χ3v) is 4.77. The third kappa shape index (κ3) is 5.09. The molecule has 0 aliphatic heterocycles. The van der Waals surface area contributed by atoms with E-state index in [1.54, 1.807) is 25.1 Å². The average Bonchev–Trinajstić information content (AvgIpc) is 2.27. The minimum Gasteiger partial charge on any atom is -0.376 e. The molecule has 1 atom stereocenters. The summed E-state index contributed by atoms with van der Waals surface area (Å²) in [5, 5.41) is 0.480. The van der Waals surface area contributed by atoms with Crippen LogP contribution in [-0.2, 0) is 10.0 Å². The minimum absolute atomic E-state index is 0.0180. The quantitative estimate of drug-likeness (QED) is 0.818. The van der Waals surface area contributed by atoms with Gasteiger partial charge in [-0.1, -0.05) is 18.5 Å². The van der Waals surface area contributed by atoms with Crippen LogP contribution in [-0.4, -0.2) is 34.1 Å². The molecular weight excluding hydrogens is 307 g/mol. The monoisotopic (exact) mass is 324 g/mol. The molecule has 0 saturated carbocycles. The lowest BCUT2D eigenvalue weighted by Gasteiger charge is -2.19. The van der Waals surface area contributed by atoms with E-state index in [0.29, 0.717) is 16.6 Å². The second kappa shape index (κ2) is 6.68. The van der Waals surface area contributed by atoms with Crippen LogP contribution in [0.2, 0.25) is 5.02 Å². The molecule has 108 valence electrons. The lowest BCUT2D eigenvalue weighted by Crippen LogP contribution is -2.23. The van der Waals surface area contributed by atoms with Crippen molar-refractivity contribution in [1.29, 1.82) is 0 Å². The summed E-state index contributed by atoms with van der Waals surface area (Å²) in [5.74, 6) is 0.175. The summed E-state index contributed by atoms with van der Waals surface area (Å²) >= 11 is 11.6. The summed E-state index contributed by atoms with van der Waals surface area (Å²) in [5.41, 5.74) is 1.23. The first-order chi connectivity index (χ1) is 8.75. The van der Waals surface area contributed by atoms with Crippen molar-refractivity contribution >= 4 is 44.6 Å². The van der Waals surface area contributed by atoms with E-state index < -0.39 is 10.0 Å². The van der Waals surface area contributed by atoms with E-state index in [0.717, 1.165) is 5.69 Å². The highest BCUT2D eigenvalue weighted by Crippen LogP contribution is 2.28. The molecule has 0 fully saturated rings. The maximum absolute atomic E-state index is 12.0. The highest BCUT2D eigenvalue weighted by molar-refractivity contribution is 7.92. The zero-order valence-corrected chi connectivity index (χ0v) is 13.5. The lowest BCUT2D eigenvalue weighted by atomic mass is 10.2. The Bertz CT molecular complexity index is 533. The molecule has 0 saturated heterocycles. The topological polar surface area (TPSA) is 49.4 Å². The Balaban J connectivity index is 3.01. The van der Waals surface area contributed by atoms with Crippen LogP contribution in [0.5, 0.6) is 0 Å². The Kier molecular flexibility index (Phi) is 5.77. The Morgan fingerprint density at radius 1 is 1.37 bits per heavy atom. The third-order valence-electron chi connectivity index (χ3n) is 2.47. The zero-order chi connectivity index (χ0) is 14.6. The van der Waals surface area contributed by atoms with Crippen molar-refractivity contribution in [2.75, 3.05) is 35.4 Å². The predicted molar refractivity (Wildman–Crippen MR) is 83.1 cm³/mol. The average molecular weight is 325 g/mol. The number of halogens is 2. The van der Waals surface area contributed by atoms with Gasteiger partial charge in [0.2, 0.25) is 10.0 Å². The van der Waals surface area contributed by atoms with E-state index in [2.05, 4.69) is 4.72 Å². The van der Waals surface area contributed by atoms with E-state index in [4.69, 9.17) is 23.2 Å². The van der Waals surface area contributed by atoms with Crippen molar-refractivity contribution in [2.45, 2.75) is 6.92 Å². The van der Waals surface area contributed by atoms with E-state index in [9.17, 15) is 8.42 Å². The van der Waals surface area contributed by atoms with E-state index >= 15 is 0 Å². The van der Waals surface area contributed by atoms with Crippen LogP contribution in [0.25, 0.3) is 0 Å². The lowest BCUT2D eigenvalue weighted by molar-refractivity contribution is 0.588. The Labute approximate surface area is 124 Å². The summed E-state index contributed by atoms with van der Waals surface area (Å²) in [4.78, 5) is 1.82. The van der Waals surface area contributed by atoms with Crippen molar-refractivity contribution in [3.05, 3.63) is 23.2 Å². The first-order valence-corrected chi connectivity index (χ1v) is 8.35. The molecule has 4 nitrogen and oxygen atoms in total. The molecule has 0 aromatic heterocycles. The Morgan fingerprint density at radius 3 is 2.53 bits per heavy atom. The molecule has 0 bridgehead atoms. The smallest absolute Gasteiger partial charge is 0.233 e. The van der Waals surface area contributed by atoms with Gasteiger partial charge < -0.3 is 4.90 Å². The van der Waals surface area contributed by atoms with Crippen LogP contribution in [0.1, 0.15) is 6.92 Å². The minimum atomic E-state index is -3.44. The number of rotatable bonds is 6.